The number of rotatable bonds is 1. The Morgan fingerprint density at radius 2 is 1.82 bits per heavy atom. The Morgan fingerprint density at radius 1 is 1.21 bits per heavy atom. The maximum atomic E-state index is 12.2. The van der Waals surface area contributed by atoms with Gasteiger partial charge in [0.05, 0.1) is 28.1 Å². The zero-order chi connectivity index (χ0) is 21.1. The highest BCUT2D eigenvalue weighted by Crippen LogP contribution is 2.36. The largest absolute Gasteiger partial charge is 0.444 e. The molecule has 3 rings (SSSR count). The number of alkyl halides is 1. The van der Waals surface area contributed by atoms with Crippen molar-refractivity contribution in [1.82, 2.24) is 9.88 Å². The predicted octanol–water partition coefficient (Wildman–Crippen LogP) is 5.15. The molecule has 1 aromatic carbocycles. The summed E-state index contributed by atoms with van der Waals surface area (Å²) < 4.78 is 6.25. The van der Waals surface area contributed by atoms with Gasteiger partial charge in [-0.1, -0.05) is 11.6 Å². The first-order valence-corrected chi connectivity index (χ1v) is 10.7. The number of anilines is 2. The third kappa shape index (κ3) is 5.33. The van der Waals surface area contributed by atoms with Crippen LogP contribution in [-0.2, 0) is 4.74 Å². The lowest BCUT2D eigenvalue weighted by Crippen LogP contribution is -2.50. The van der Waals surface area contributed by atoms with Crippen molar-refractivity contribution in [3.8, 4) is 0 Å². The molecule has 28 heavy (non-hydrogen) atoms. The molecule has 2 aromatic rings. The number of ether oxygens (including phenoxy) is 1. The van der Waals surface area contributed by atoms with Crippen LogP contribution < -0.4 is 10.6 Å². The molecule has 1 aliphatic heterocycles. The number of hydrogen-bond donors (Lipinski definition) is 1. The fourth-order valence-electron chi connectivity index (χ4n) is 2.98. The molecular weight excluding hydrogens is 467 g/mol. The average Bonchev–Trinajstić information content (AvgIpc) is 2.64. The second kappa shape index (κ2) is 9.37. The number of nitrogens with zero attached hydrogens (tertiary/aromatic N) is 3. The molecule has 1 saturated heterocycles. The molecule has 0 unspecified atom stereocenters. The maximum absolute atomic E-state index is 12.2. The number of amides is 1. The molecule has 1 aliphatic rings. The summed E-state index contributed by atoms with van der Waals surface area (Å²) in [7, 11) is 0. The Bertz CT molecular complexity index is 850. The number of carbonyl (C=O) groups is 1. The zero-order valence-corrected chi connectivity index (χ0v) is 19.5. The van der Waals surface area contributed by atoms with Gasteiger partial charge >= 0.3 is 6.09 Å². The van der Waals surface area contributed by atoms with Crippen LogP contribution in [0.2, 0.25) is 5.02 Å². The van der Waals surface area contributed by atoms with Gasteiger partial charge in [-0.25, -0.2) is 4.79 Å². The fourth-order valence-corrected chi connectivity index (χ4v) is 3.48. The maximum Gasteiger partial charge on any atom is 0.410 e. The second-order valence-corrected chi connectivity index (χ2v) is 8.56. The molecule has 154 valence electrons. The van der Waals surface area contributed by atoms with Crippen LogP contribution in [-0.4, -0.2) is 54.1 Å². The lowest BCUT2D eigenvalue weighted by molar-refractivity contribution is 0.0241. The van der Waals surface area contributed by atoms with Gasteiger partial charge in [0.25, 0.3) is 0 Å². The van der Waals surface area contributed by atoms with E-state index in [0.717, 1.165) is 21.1 Å². The molecule has 0 saturated carbocycles. The number of pyridine rings is 1. The van der Waals surface area contributed by atoms with E-state index in [1.54, 1.807) is 11.1 Å². The summed E-state index contributed by atoms with van der Waals surface area (Å²) >= 11 is 14.3. The molecule has 6 nitrogen and oxygen atoms in total. The summed E-state index contributed by atoms with van der Waals surface area (Å²) in [5.41, 5.74) is 8.05. The second-order valence-electron chi connectivity index (χ2n) is 7.30. The lowest BCUT2D eigenvalue weighted by atomic mass is 10.1. The Hall–Kier alpha value is -1.44. The summed E-state index contributed by atoms with van der Waals surface area (Å²) in [4.78, 5) is 20.5. The molecule has 1 aromatic heterocycles. The van der Waals surface area contributed by atoms with E-state index < -0.39 is 5.60 Å². The number of halogens is 3. The molecule has 2 heterocycles. The first-order chi connectivity index (χ1) is 13.2. The van der Waals surface area contributed by atoms with Gasteiger partial charge in [0, 0.05) is 42.4 Å². The van der Waals surface area contributed by atoms with Crippen LogP contribution in [0.5, 0.6) is 0 Å². The number of aromatic nitrogens is 1. The van der Waals surface area contributed by atoms with Crippen molar-refractivity contribution in [3.63, 3.8) is 0 Å². The van der Waals surface area contributed by atoms with Gasteiger partial charge in [-0.05, 0) is 48.8 Å². The van der Waals surface area contributed by atoms with Crippen LogP contribution >= 0.6 is 39.1 Å². The van der Waals surface area contributed by atoms with Crippen molar-refractivity contribution < 1.29 is 9.53 Å². The van der Waals surface area contributed by atoms with Crippen LogP contribution in [0.25, 0.3) is 10.9 Å². The molecule has 0 aliphatic carbocycles. The molecule has 0 bridgehead atoms. The number of carbonyl (C=O) groups excluding carboxylic acids is 1. The van der Waals surface area contributed by atoms with E-state index in [9.17, 15) is 4.79 Å². The quantitative estimate of drug-likeness (QED) is 0.558. The van der Waals surface area contributed by atoms with Crippen LogP contribution in [0.4, 0.5) is 16.2 Å². The number of fused-ring (bicyclic) bond motifs is 1. The van der Waals surface area contributed by atoms with E-state index in [1.165, 1.54) is 6.38 Å². The highest BCUT2D eigenvalue weighted by molar-refractivity contribution is 9.10. The van der Waals surface area contributed by atoms with Crippen molar-refractivity contribution in [1.29, 1.82) is 0 Å². The Morgan fingerprint density at radius 3 is 2.39 bits per heavy atom. The van der Waals surface area contributed by atoms with E-state index in [4.69, 9.17) is 22.1 Å². The number of nitrogens with two attached hydrogens (primary N) is 1. The van der Waals surface area contributed by atoms with Gasteiger partial charge in [0.2, 0.25) is 0 Å². The smallest absolute Gasteiger partial charge is 0.410 e. The summed E-state index contributed by atoms with van der Waals surface area (Å²) in [5, 5.41) is 1.52. The molecule has 1 fully saturated rings. The summed E-state index contributed by atoms with van der Waals surface area (Å²) in [6, 6.07) is 3.76. The highest BCUT2D eigenvalue weighted by atomic mass is 79.9. The normalized spacial score (nSPS) is 14.5. The fraction of sp³-hybridized carbons (Fsp3) is 0.474. The average molecular weight is 492 g/mol. The minimum Gasteiger partial charge on any atom is -0.444 e. The predicted molar refractivity (Wildman–Crippen MR) is 121 cm³/mol. The van der Waals surface area contributed by atoms with Crippen LogP contribution in [0, 0.1) is 0 Å². The molecule has 9 heteroatoms. The van der Waals surface area contributed by atoms with Crippen molar-refractivity contribution in [3.05, 3.63) is 27.8 Å². The highest BCUT2D eigenvalue weighted by Gasteiger charge is 2.27. The number of nitrogen functional groups attached to an aromatic ring is 1. The first kappa shape index (κ1) is 22.8. The molecule has 0 spiro atoms. The van der Waals surface area contributed by atoms with Crippen molar-refractivity contribution in [2.45, 2.75) is 26.4 Å². The molecule has 1 amide bonds. The van der Waals surface area contributed by atoms with Gasteiger partial charge in [-0.15, -0.1) is 11.6 Å². The lowest BCUT2D eigenvalue weighted by Gasteiger charge is -2.37. The van der Waals surface area contributed by atoms with Crippen LogP contribution in [0.3, 0.4) is 0 Å². The van der Waals surface area contributed by atoms with E-state index in [2.05, 4.69) is 37.4 Å². The Labute approximate surface area is 184 Å². The minimum atomic E-state index is -0.496. The van der Waals surface area contributed by atoms with E-state index in [-0.39, 0.29) is 6.09 Å². The number of piperazine rings is 1. The number of benzene rings is 1. The molecule has 0 atom stereocenters. The van der Waals surface area contributed by atoms with Crippen LogP contribution in [0.15, 0.2) is 22.8 Å². The van der Waals surface area contributed by atoms with E-state index >= 15 is 0 Å². The van der Waals surface area contributed by atoms with Gasteiger partial charge in [0.1, 0.15) is 5.60 Å². The van der Waals surface area contributed by atoms with Crippen molar-refractivity contribution >= 4 is 67.5 Å². The summed E-state index contributed by atoms with van der Waals surface area (Å²) in [6.45, 7) is 8.07. The third-order valence-electron chi connectivity index (χ3n) is 4.16. The SMILES string of the molecule is CC(C)(C)OC(=O)N1CCN(c2c(N)cnc3cc(Br)c(Cl)cc23)CC1.CCl. The van der Waals surface area contributed by atoms with Gasteiger partial charge in [-0.2, -0.15) is 0 Å². The molecule has 2 N–H and O–H groups in total. The van der Waals surface area contributed by atoms with Crippen molar-refractivity contribution in [2.75, 3.05) is 43.2 Å². The first-order valence-electron chi connectivity index (χ1n) is 8.79. The topological polar surface area (TPSA) is 71.7 Å². The summed E-state index contributed by atoms with van der Waals surface area (Å²) in [5.74, 6) is 0. The molecule has 0 radical (unpaired) electrons. The molecular formula is C19H25BrCl2N4O2. The Balaban J connectivity index is 0.00000136. The third-order valence-corrected chi connectivity index (χ3v) is 5.35. The van der Waals surface area contributed by atoms with Gasteiger partial charge in [-0.3, -0.25) is 4.98 Å². The van der Waals surface area contributed by atoms with Crippen LogP contribution in [0.1, 0.15) is 20.8 Å². The monoisotopic (exact) mass is 490 g/mol. The standard InChI is InChI=1S/C18H22BrClN4O2.CH3Cl/c1-18(2,3)26-17(25)24-6-4-23(5-7-24)16-11-8-13(20)12(19)9-15(11)22-10-14(16)21;1-2/h8-10H,4-7,21H2,1-3H3;1H3. The Kier molecular flexibility index (Phi) is 7.65. The van der Waals surface area contributed by atoms with Gasteiger partial charge in [0.15, 0.2) is 0 Å². The number of hydrogen-bond acceptors (Lipinski definition) is 5. The van der Waals surface area contributed by atoms with E-state index in [0.29, 0.717) is 36.9 Å². The minimum absolute atomic E-state index is 0.281. The zero-order valence-electron chi connectivity index (χ0n) is 16.4. The van der Waals surface area contributed by atoms with Crippen molar-refractivity contribution in [2.24, 2.45) is 0 Å². The summed E-state index contributed by atoms with van der Waals surface area (Å²) in [6.07, 6.45) is 2.86. The van der Waals surface area contributed by atoms with Gasteiger partial charge < -0.3 is 20.3 Å². The van der Waals surface area contributed by atoms with E-state index in [1.807, 2.05) is 32.9 Å².